The Bertz CT molecular complexity index is 296. The molecule has 11 heavy (non-hydrogen) atoms. The molecule has 0 bridgehead atoms. The maximum Gasteiger partial charge on any atom is 0.153 e. The number of nitrogens with one attached hydrogen (secondary N) is 1. The summed E-state index contributed by atoms with van der Waals surface area (Å²) in [5, 5.41) is 15.7. The zero-order valence-electron chi connectivity index (χ0n) is 5.86. The van der Waals surface area contributed by atoms with Crippen LogP contribution in [0.2, 0.25) is 0 Å². The second-order valence-electron chi connectivity index (χ2n) is 2.40. The molecule has 2 rings (SSSR count). The van der Waals surface area contributed by atoms with Crippen molar-refractivity contribution in [3.05, 3.63) is 12.2 Å². The summed E-state index contributed by atoms with van der Waals surface area (Å²) in [4.78, 5) is 3.99. The van der Waals surface area contributed by atoms with E-state index in [0.717, 1.165) is 5.82 Å². The highest BCUT2D eigenvalue weighted by atomic mass is 15.4. The first kappa shape index (κ1) is 6.31. The second-order valence-corrected chi connectivity index (χ2v) is 2.40. The number of nitrogens with zero attached hydrogens (tertiary/aromatic N) is 4. The molecule has 1 N–H and O–H groups in total. The van der Waals surface area contributed by atoms with Gasteiger partial charge in [0.1, 0.15) is 12.2 Å². The molecule has 56 valence electrons. The summed E-state index contributed by atoms with van der Waals surface area (Å²) >= 11 is 0. The highest BCUT2D eigenvalue weighted by Gasteiger charge is 2.19. The van der Waals surface area contributed by atoms with E-state index in [2.05, 4.69) is 21.5 Å². The number of hydrogen-bond donors (Lipinski definition) is 1. The number of aromatic nitrogens is 3. The van der Waals surface area contributed by atoms with E-state index >= 15 is 0 Å². The van der Waals surface area contributed by atoms with Gasteiger partial charge < -0.3 is 5.32 Å². The molecule has 0 spiro atoms. The van der Waals surface area contributed by atoms with Crippen molar-refractivity contribution in [3.8, 4) is 6.07 Å². The van der Waals surface area contributed by atoms with Crippen molar-refractivity contribution in [1.29, 1.82) is 5.26 Å². The van der Waals surface area contributed by atoms with Crippen LogP contribution in [0.3, 0.4) is 0 Å². The molecule has 1 atom stereocenters. The van der Waals surface area contributed by atoms with Crippen molar-refractivity contribution in [3.63, 3.8) is 0 Å². The minimum atomic E-state index is -0.193. The molecule has 0 aromatic carbocycles. The van der Waals surface area contributed by atoms with Crippen LogP contribution in [0.4, 0.5) is 0 Å². The van der Waals surface area contributed by atoms with Gasteiger partial charge in [0.05, 0.1) is 12.6 Å². The van der Waals surface area contributed by atoms with Crippen LogP contribution < -0.4 is 5.32 Å². The van der Waals surface area contributed by atoms with Gasteiger partial charge in [0, 0.05) is 6.54 Å². The smallest absolute Gasteiger partial charge is 0.153 e. The third-order valence-electron chi connectivity index (χ3n) is 1.71. The average Bonchev–Trinajstić information content (AvgIpc) is 2.50. The SMILES string of the molecule is N#CC1CNCc2ncnn21. The van der Waals surface area contributed by atoms with Crippen LogP contribution in [-0.4, -0.2) is 21.3 Å². The largest absolute Gasteiger partial charge is 0.307 e. The summed E-state index contributed by atoms with van der Waals surface area (Å²) in [5.41, 5.74) is 0. The zero-order valence-corrected chi connectivity index (χ0v) is 5.86. The predicted octanol–water partition coefficient (Wildman–Crippen LogP) is -0.554. The second kappa shape index (κ2) is 2.32. The van der Waals surface area contributed by atoms with E-state index in [9.17, 15) is 0 Å². The quantitative estimate of drug-likeness (QED) is 0.537. The third kappa shape index (κ3) is 0.880. The molecule has 1 unspecified atom stereocenters. The fourth-order valence-electron chi connectivity index (χ4n) is 1.17. The minimum Gasteiger partial charge on any atom is -0.307 e. The Kier molecular flexibility index (Phi) is 1.33. The van der Waals surface area contributed by atoms with E-state index in [1.807, 2.05) is 0 Å². The van der Waals surface area contributed by atoms with Crippen molar-refractivity contribution in [2.24, 2.45) is 0 Å². The molecule has 5 heteroatoms. The van der Waals surface area contributed by atoms with Crippen LogP contribution in [0.25, 0.3) is 0 Å². The molecule has 0 radical (unpaired) electrons. The van der Waals surface area contributed by atoms with Crippen molar-refractivity contribution in [2.75, 3.05) is 6.54 Å². The molecule has 1 aliphatic rings. The fourth-order valence-corrected chi connectivity index (χ4v) is 1.17. The van der Waals surface area contributed by atoms with Gasteiger partial charge in [-0.3, -0.25) is 0 Å². The van der Waals surface area contributed by atoms with E-state index in [-0.39, 0.29) is 6.04 Å². The molecule has 0 amide bonds. The first-order valence-corrected chi connectivity index (χ1v) is 3.40. The van der Waals surface area contributed by atoms with Gasteiger partial charge >= 0.3 is 0 Å². The monoisotopic (exact) mass is 149 g/mol. The Hall–Kier alpha value is -1.41. The predicted molar refractivity (Wildman–Crippen MR) is 36.4 cm³/mol. The molecule has 0 saturated carbocycles. The van der Waals surface area contributed by atoms with Gasteiger partial charge in [-0.05, 0) is 0 Å². The molecular formula is C6H7N5. The molecular weight excluding hydrogens is 142 g/mol. The Morgan fingerprint density at radius 2 is 2.73 bits per heavy atom. The molecule has 2 heterocycles. The summed E-state index contributed by atoms with van der Waals surface area (Å²) in [5.74, 6) is 0.836. The Morgan fingerprint density at radius 3 is 3.55 bits per heavy atom. The van der Waals surface area contributed by atoms with Crippen LogP contribution in [0, 0.1) is 11.3 Å². The maximum atomic E-state index is 8.68. The highest BCUT2D eigenvalue weighted by molar-refractivity contribution is 5.00. The van der Waals surface area contributed by atoms with E-state index in [4.69, 9.17) is 5.26 Å². The van der Waals surface area contributed by atoms with E-state index < -0.39 is 0 Å². The molecule has 1 aliphatic heterocycles. The molecule has 0 saturated heterocycles. The van der Waals surface area contributed by atoms with E-state index in [1.54, 1.807) is 4.68 Å². The lowest BCUT2D eigenvalue weighted by atomic mass is 10.3. The summed E-state index contributed by atoms with van der Waals surface area (Å²) in [6.07, 6.45) is 1.48. The summed E-state index contributed by atoms with van der Waals surface area (Å²) in [6.45, 7) is 1.37. The number of nitriles is 1. The molecule has 1 aromatic heterocycles. The molecule has 5 nitrogen and oxygen atoms in total. The van der Waals surface area contributed by atoms with Gasteiger partial charge in [0.2, 0.25) is 0 Å². The van der Waals surface area contributed by atoms with Crippen molar-refractivity contribution in [2.45, 2.75) is 12.6 Å². The van der Waals surface area contributed by atoms with Gasteiger partial charge in [-0.25, -0.2) is 9.67 Å². The first-order valence-electron chi connectivity index (χ1n) is 3.40. The van der Waals surface area contributed by atoms with Gasteiger partial charge in [0.25, 0.3) is 0 Å². The first-order chi connectivity index (χ1) is 5.42. The lowest BCUT2D eigenvalue weighted by Gasteiger charge is -2.17. The van der Waals surface area contributed by atoms with Gasteiger partial charge in [-0.15, -0.1) is 0 Å². The fraction of sp³-hybridized carbons (Fsp3) is 0.500. The molecule has 0 aliphatic carbocycles. The maximum absolute atomic E-state index is 8.68. The number of hydrogen-bond acceptors (Lipinski definition) is 4. The number of fused-ring (bicyclic) bond motifs is 1. The van der Waals surface area contributed by atoms with Crippen LogP contribution in [0.1, 0.15) is 11.9 Å². The van der Waals surface area contributed by atoms with Gasteiger partial charge in [0.15, 0.2) is 6.04 Å². The zero-order chi connectivity index (χ0) is 7.68. The summed E-state index contributed by atoms with van der Waals surface area (Å²) in [6, 6.07) is 1.95. The van der Waals surface area contributed by atoms with Gasteiger partial charge in [-0.2, -0.15) is 10.4 Å². The summed E-state index contributed by atoms with van der Waals surface area (Å²) < 4.78 is 1.66. The third-order valence-corrected chi connectivity index (χ3v) is 1.71. The Balaban J connectivity index is 2.41. The van der Waals surface area contributed by atoms with Crippen molar-refractivity contribution >= 4 is 0 Å². The topological polar surface area (TPSA) is 66.5 Å². The lowest BCUT2D eigenvalue weighted by Crippen LogP contribution is -2.33. The number of rotatable bonds is 0. The van der Waals surface area contributed by atoms with Gasteiger partial charge in [-0.1, -0.05) is 0 Å². The van der Waals surface area contributed by atoms with Crippen LogP contribution >= 0.6 is 0 Å². The lowest BCUT2D eigenvalue weighted by molar-refractivity contribution is 0.425. The van der Waals surface area contributed by atoms with E-state index in [1.165, 1.54) is 6.33 Å². The summed E-state index contributed by atoms with van der Waals surface area (Å²) in [7, 11) is 0. The van der Waals surface area contributed by atoms with E-state index in [0.29, 0.717) is 13.1 Å². The Labute approximate surface area is 63.7 Å². The Morgan fingerprint density at radius 1 is 1.82 bits per heavy atom. The van der Waals surface area contributed by atoms with Crippen LogP contribution in [-0.2, 0) is 6.54 Å². The van der Waals surface area contributed by atoms with Crippen LogP contribution in [0.15, 0.2) is 6.33 Å². The van der Waals surface area contributed by atoms with Crippen molar-refractivity contribution < 1.29 is 0 Å². The standard InChI is InChI=1S/C6H7N5/c7-1-5-2-8-3-6-9-4-10-11(5)6/h4-5,8H,2-3H2. The minimum absolute atomic E-state index is 0.193. The molecule has 1 aromatic rings. The van der Waals surface area contributed by atoms with Crippen molar-refractivity contribution in [1.82, 2.24) is 20.1 Å². The average molecular weight is 149 g/mol. The highest BCUT2D eigenvalue weighted by Crippen LogP contribution is 2.09. The molecule has 0 fully saturated rings. The normalized spacial score (nSPS) is 22.3. The van der Waals surface area contributed by atoms with Crippen LogP contribution in [0.5, 0.6) is 0 Å².